The third-order valence-electron chi connectivity index (χ3n) is 4.37. The first-order valence-corrected chi connectivity index (χ1v) is 9.84. The molecule has 1 aromatic rings. The van der Waals surface area contributed by atoms with Crippen LogP contribution in [0.4, 0.5) is 0 Å². The lowest BCUT2D eigenvalue weighted by molar-refractivity contribution is -0.123. The highest BCUT2D eigenvalue weighted by atomic mass is 16.5. The van der Waals surface area contributed by atoms with Gasteiger partial charge in [-0.1, -0.05) is 26.8 Å². The molecule has 8 heteroatoms. The van der Waals surface area contributed by atoms with E-state index in [9.17, 15) is 9.59 Å². The molecule has 0 radical (unpaired) electrons. The maximum absolute atomic E-state index is 12.5. The first kappa shape index (κ1) is 24.3. The van der Waals surface area contributed by atoms with Crippen LogP contribution in [0.5, 0.6) is 11.5 Å². The summed E-state index contributed by atoms with van der Waals surface area (Å²) in [6.07, 6.45) is 1.44. The molecule has 1 aromatic carbocycles. The molecule has 0 saturated carbocycles. The highest BCUT2D eigenvalue weighted by Gasteiger charge is 2.21. The van der Waals surface area contributed by atoms with Crippen LogP contribution in [0.1, 0.15) is 46.1 Å². The molecule has 0 bridgehead atoms. The van der Waals surface area contributed by atoms with Gasteiger partial charge in [0.2, 0.25) is 11.8 Å². The van der Waals surface area contributed by atoms with E-state index in [1.54, 1.807) is 25.3 Å². The Morgan fingerprint density at radius 1 is 1.14 bits per heavy atom. The number of ether oxygens (including phenoxy) is 2. The second kappa shape index (κ2) is 11.9. The Bertz CT molecular complexity index is 719. The van der Waals surface area contributed by atoms with Gasteiger partial charge in [0.15, 0.2) is 17.5 Å². The van der Waals surface area contributed by atoms with Gasteiger partial charge in [-0.15, -0.1) is 0 Å². The number of benzene rings is 1. The van der Waals surface area contributed by atoms with Crippen molar-refractivity contribution in [1.29, 1.82) is 0 Å². The first-order chi connectivity index (χ1) is 13.7. The van der Waals surface area contributed by atoms with Gasteiger partial charge in [-0.25, -0.2) is 4.99 Å². The van der Waals surface area contributed by atoms with Gasteiger partial charge in [0.05, 0.1) is 20.6 Å². The van der Waals surface area contributed by atoms with Crippen LogP contribution in [0.2, 0.25) is 0 Å². The van der Waals surface area contributed by atoms with Gasteiger partial charge in [0.25, 0.3) is 0 Å². The zero-order chi connectivity index (χ0) is 22.0. The molecule has 162 valence electrons. The predicted molar refractivity (Wildman–Crippen MR) is 114 cm³/mol. The van der Waals surface area contributed by atoms with Crippen molar-refractivity contribution in [3.05, 3.63) is 23.8 Å². The van der Waals surface area contributed by atoms with Crippen LogP contribution in [-0.2, 0) is 16.0 Å². The smallest absolute Gasteiger partial charge is 0.245 e. The van der Waals surface area contributed by atoms with Gasteiger partial charge in [-0.2, -0.15) is 0 Å². The Balaban J connectivity index is 2.81. The average molecular weight is 407 g/mol. The summed E-state index contributed by atoms with van der Waals surface area (Å²) in [6, 6.07) is 4.64. The number of nitrogens with zero attached hydrogens (tertiary/aromatic N) is 1. The van der Waals surface area contributed by atoms with Crippen LogP contribution >= 0.6 is 0 Å². The molecule has 29 heavy (non-hydrogen) atoms. The monoisotopic (exact) mass is 406 g/mol. The van der Waals surface area contributed by atoms with Gasteiger partial charge >= 0.3 is 0 Å². The summed E-state index contributed by atoms with van der Waals surface area (Å²) < 4.78 is 10.4. The number of hydrogen-bond donors (Lipinski definition) is 3. The maximum atomic E-state index is 12.5. The third kappa shape index (κ3) is 8.41. The molecule has 0 spiro atoms. The predicted octanol–water partition coefficient (Wildman–Crippen LogP) is 2.01. The Morgan fingerprint density at radius 2 is 1.79 bits per heavy atom. The molecule has 0 heterocycles. The molecule has 0 saturated heterocycles. The second-order valence-electron chi connectivity index (χ2n) is 7.39. The van der Waals surface area contributed by atoms with Gasteiger partial charge in [-0.3, -0.25) is 14.9 Å². The maximum Gasteiger partial charge on any atom is 0.245 e. The Hall–Kier alpha value is -2.77. The molecule has 4 N–H and O–H groups in total. The molecular weight excluding hydrogens is 372 g/mol. The molecule has 0 aliphatic rings. The topological polar surface area (TPSA) is 115 Å². The number of rotatable bonds is 10. The van der Waals surface area contributed by atoms with Crippen molar-refractivity contribution >= 4 is 17.8 Å². The third-order valence-corrected chi connectivity index (χ3v) is 4.37. The van der Waals surface area contributed by atoms with E-state index in [1.165, 1.54) is 7.11 Å². The minimum absolute atomic E-state index is 0.0493. The highest BCUT2D eigenvalue weighted by molar-refractivity contribution is 5.98. The van der Waals surface area contributed by atoms with E-state index in [0.29, 0.717) is 17.9 Å². The van der Waals surface area contributed by atoms with Crippen molar-refractivity contribution in [2.24, 2.45) is 16.6 Å². The number of nitrogens with two attached hydrogens (primary N) is 1. The summed E-state index contributed by atoms with van der Waals surface area (Å²) in [5.41, 5.74) is 6.64. The van der Waals surface area contributed by atoms with Gasteiger partial charge < -0.3 is 20.5 Å². The molecule has 2 amide bonds. The molecule has 0 aromatic heterocycles. The SMILES string of the molecule is CC[C@@H](C)NC(=O)[C@@H](CC(C)C)N=C(N)NC(=O)Cc1ccc(OC)c(OC)c1. The number of nitrogens with one attached hydrogen (secondary N) is 2. The number of aliphatic imine (C=N–C) groups is 1. The van der Waals surface area contributed by atoms with Crippen LogP contribution in [-0.4, -0.2) is 44.1 Å². The molecule has 8 nitrogen and oxygen atoms in total. The van der Waals surface area contributed by atoms with E-state index < -0.39 is 6.04 Å². The molecule has 2 atom stereocenters. The number of methoxy groups -OCH3 is 2. The van der Waals surface area contributed by atoms with E-state index in [1.807, 2.05) is 27.7 Å². The largest absolute Gasteiger partial charge is 0.493 e. The van der Waals surface area contributed by atoms with Crippen molar-refractivity contribution in [3.8, 4) is 11.5 Å². The molecule has 0 unspecified atom stereocenters. The van der Waals surface area contributed by atoms with Crippen molar-refractivity contribution in [2.75, 3.05) is 14.2 Å². The Labute approximate surface area is 173 Å². The molecular formula is C21H34N4O4. The second-order valence-corrected chi connectivity index (χ2v) is 7.39. The van der Waals surface area contributed by atoms with E-state index in [-0.39, 0.29) is 36.2 Å². The zero-order valence-corrected chi connectivity index (χ0v) is 18.2. The van der Waals surface area contributed by atoms with Gasteiger partial charge in [0.1, 0.15) is 6.04 Å². The Kier molecular flexibility index (Phi) is 9.99. The number of amides is 2. The standard InChI is InChI=1S/C21H34N4O4/c1-7-14(4)23-20(27)16(10-13(2)3)24-21(22)25-19(26)12-15-8-9-17(28-5)18(11-15)29-6/h8-9,11,13-14,16H,7,10,12H2,1-6H3,(H,23,27)(H3,22,24,25,26)/t14-,16-/m1/s1. The van der Waals surface area contributed by atoms with Crippen molar-refractivity contribution in [3.63, 3.8) is 0 Å². The van der Waals surface area contributed by atoms with Crippen molar-refractivity contribution < 1.29 is 19.1 Å². The summed E-state index contributed by atoms with van der Waals surface area (Å²) >= 11 is 0. The average Bonchev–Trinajstić information content (AvgIpc) is 2.66. The number of carbonyl (C=O) groups is 2. The summed E-state index contributed by atoms with van der Waals surface area (Å²) in [4.78, 5) is 29.1. The van der Waals surface area contributed by atoms with Gasteiger partial charge in [0, 0.05) is 6.04 Å². The molecule has 0 aliphatic heterocycles. The lowest BCUT2D eigenvalue weighted by Gasteiger charge is -2.19. The lowest BCUT2D eigenvalue weighted by atomic mass is 10.0. The van der Waals surface area contributed by atoms with Crippen LogP contribution < -0.4 is 25.8 Å². The lowest BCUT2D eigenvalue weighted by Crippen LogP contribution is -2.43. The fourth-order valence-electron chi connectivity index (χ4n) is 2.67. The van der Waals surface area contributed by atoms with Crippen molar-refractivity contribution in [1.82, 2.24) is 10.6 Å². The summed E-state index contributed by atoms with van der Waals surface area (Å²) in [5.74, 6) is 0.788. The quantitative estimate of drug-likeness (QED) is 0.406. The van der Waals surface area contributed by atoms with E-state index >= 15 is 0 Å². The fourth-order valence-corrected chi connectivity index (χ4v) is 2.67. The number of carbonyl (C=O) groups excluding carboxylic acids is 2. The highest BCUT2D eigenvalue weighted by Crippen LogP contribution is 2.27. The zero-order valence-electron chi connectivity index (χ0n) is 18.2. The van der Waals surface area contributed by atoms with E-state index in [2.05, 4.69) is 15.6 Å². The number of guanidine groups is 1. The minimum atomic E-state index is -0.648. The molecule has 0 fully saturated rings. The van der Waals surface area contributed by atoms with Crippen LogP contribution in [0.25, 0.3) is 0 Å². The number of hydrogen-bond acceptors (Lipinski definition) is 5. The fraction of sp³-hybridized carbons (Fsp3) is 0.571. The Morgan fingerprint density at radius 3 is 2.34 bits per heavy atom. The minimum Gasteiger partial charge on any atom is -0.493 e. The van der Waals surface area contributed by atoms with Crippen molar-refractivity contribution in [2.45, 2.75) is 59.0 Å². The normalized spacial score (nSPS) is 13.6. The van der Waals surface area contributed by atoms with Crippen LogP contribution in [0, 0.1) is 5.92 Å². The van der Waals surface area contributed by atoms with E-state index in [4.69, 9.17) is 15.2 Å². The molecule has 1 rings (SSSR count). The van der Waals surface area contributed by atoms with Crippen LogP contribution in [0.15, 0.2) is 23.2 Å². The van der Waals surface area contributed by atoms with E-state index in [0.717, 1.165) is 12.0 Å². The summed E-state index contributed by atoms with van der Waals surface area (Å²) in [7, 11) is 3.08. The first-order valence-electron chi connectivity index (χ1n) is 9.84. The summed E-state index contributed by atoms with van der Waals surface area (Å²) in [6.45, 7) is 7.94. The summed E-state index contributed by atoms with van der Waals surface area (Å²) in [5, 5.41) is 5.47. The van der Waals surface area contributed by atoms with Gasteiger partial charge in [-0.05, 0) is 43.4 Å². The van der Waals surface area contributed by atoms with Crippen LogP contribution in [0.3, 0.4) is 0 Å². The molecule has 0 aliphatic carbocycles.